The summed E-state index contributed by atoms with van der Waals surface area (Å²) in [4.78, 5) is 7.11. The minimum absolute atomic E-state index is 0.171. The summed E-state index contributed by atoms with van der Waals surface area (Å²) in [6.07, 6.45) is 0. The Bertz CT molecular complexity index is 337. The van der Waals surface area contributed by atoms with E-state index in [4.69, 9.17) is 0 Å². The van der Waals surface area contributed by atoms with Gasteiger partial charge in [0.2, 0.25) is 0 Å². The van der Waals surface area contributed by atoms with Crippen molar-refractivity contribution in [3.63, 3.8) is 0 Å². The maximum atomic E-state index is 4.68. The molecule has 0 fully saturated rings. The third-order valence-corrected chi connectivity index (χ3v) is 4.32. The van der Waals surface area contributed by atoms with Crippen LogP contribution in [0.1, 0.15) is 45.3 Å². The van der Waals surface area contributed by atoms with Gasteiger partial charge in [-0.1, -0.05) is 34.6 Å². The molecule has 0 bridgehead atoms. The molecule has 0 aliphatic carbocycles. The van der Waals surface area contributed by atoms with E-state index in [1.54, 1.807) is 11.3 Å². The Balaban J connectivity index is 2.30. The van der Waals surface area contributed by atoms with Gasteiger partial charge in [-0.3, -0.25) is 0 Å². The highest BCUT2D eigenvalue weighted by molar-refractivity contribution is 7.09. The van der Waals surface area contributed by atoms with Crippen molar-refractivity contribution in [2.24, 2.45) is 0 Å². The SMILES string of the molecule is CCN(CC)CCNCc1csc(C(C)(C)C)n1. The van der Waals surface area contributed by atoms with Crippen LogP contribution in [0.25, 0.3) is 0 Å². The van der Waals surface area contributed by atoms with Gasteiger partial charge in [-0.05, 0) is 13.1 Å². The fourth-order valence-corrected chi connectivity index (χ4v) is 2.63. The van der Waals surface area contributed by atoms with Gasteiger partial charge >= 0.3 is 0 Å². The van der Waals surface area contributed by atoms with E-state index in [1.165, 1.54) is 10.7 Å². The van der Waals surface area contributed by atoms with Gasteiger partial charge in [0, 0.05) is 30.4 Å². The summed E-state index contributed by atoms with van der Waals surface area (Å²) in [5, 5.41) is 6.86. The number of hydrogen-bond acceptors (Lipinski definition) is 4. The van der Waals surface area contributed by atoms with Crippen LogP contribution in [-0.4, -0.2) is 36.1 Å². The second kappa shape index (κ2) is 7.22. The van der Waals surface area contributed by atoms with Gasteiger partial charge < -0.3 is 10.2 Å². The molecule has 3 nitrogen and oxygen atoms in total. The molecule has 0 atom stereocenters. The summed E-state index contributed by atoms with van der Waals surface area (Å²) >= 11 is 1.77. The summed E-state index contributed by atoms with van der Waals surface area (Å²) in [5.74, 6) is 0. The molecule has 0 spiro atoms. The van der Waals surface area contributed by atoms with Crippen LogP contribution in [0.3, 0.4) is 0 Å². The van der Waals surface area contributed by atoms with Crippen molar-refractivity contribution in [2.45, 2.75) is 46.6 Å². The Hall–Kier alpha value is -0.450. The van der Waals surface area contributed by atoms with Crippen LogP contribution in [0.4, 0.5) is 0 Å². The molecule has 0 aliphatic rings. The van der Waals surface area contributed by atoms with Crippen molar-refractivity contribution in [3.05, 3.63) is 16.1 Å². The second-order valence-corrected chi connectivity index (χ2v) is 6.46. The number of rotatable bonds is 7. The predicted molar refractivity (Wildman–Crippen MR) is 80.3 cm³/mol. The van der Waals surface area contributed by atoms with Gasteiger partial charge in [0.15, 0.2) is 0 Å². The van der Waals surface area contributed by atoms with Crippen molar-refractivity contribution >= 4 is 11.3 Å². The number of hydrogen-bond donors (Lipinski definition) is 1. The van der Waals surface area contributed by atoms with Crippen LogP contribution in [0.5, 0.6) is 0 Å². The summed E-state index contributed by atoms with van der Waals surface area (Å²) in [5.41, 5.74) is 1.34. The summed E-state index contributed by atoms with van der Waals surface area (Å²) in [7, 11) is 0. The second-order valence-electron chi connectivity index (χ2n) is 5.60. The van der Waals surface area contributed by atoms with Crippen LogP contribution in [0, 0.1) is 0 Å². The van der Waals surface area contributed by atoms with Crippen molar-refractivity contribution in [1.29, 1.82) is 0 Å². The molecule has 0 radical (unpaired) electrons. The van der Waals surface area contributed by atoms with Crippen molar-refractivity contribution in [1.82, 2.24) is 15.2 Å². The van der Waals surface area contributed by atoms with Gasteiger partial charge in [-0.2, -0.15) is 0 Å². The highest BCUT2D eigenvalue weighted by atomic mass is 32.1. The summed E-state index contributed by atoms with van der Waals surface area (Å²) in [6, 6.07) is 0. The Morgan fingerprint density at radius 2 is 1.94 bits per heavy atom. The molecule has 1 N–H and O–H groups in total. The average molecular weight is 269 g/mol. The topological polar surface area (TPSA) is 28.2 Å². The van der Waals surface area contributed by atoms with Crippen LogP contribution in [0.15, 0.2) is 5.38 Å². The smallest absolute Gasteiger partial charge is 0.0982 e. The quantitative estimate of drug-likeness (QED) is 0.772. The lowest BCUT2D eigenvalue weighted by Gasteiger charge is -2.17. The molecule has 18 heavy (non-hydrogen) atoms. The van der Waals surface area contributed by atoms with Crippen LogP contribution >= 0.6 is 11.3 Å². The summed E-state index contributed by atoms with van der Waals surface area (Å²) < 4.78 is 0. The maximum absolute atomic E-state index is 4.68. The standard InChI is InChI=1S/C14H27N3S/c1-6-17(7-2)9-8-15-10-12-11-18-13(16-12)14(3,4)5/h11,15H,6-10H2,1-5H3. The van der Waals surface area contributed by atoms with E-state index in [0.717, 1.165) is 32.7 Å². The Kier molecular flexibility index (Phi) is 6.26. The highest BCUT2D eigenvalue weighted by Crippen LogP contribution is 2.25. The van der Waals surface area contributed by atoms with Gasteiger partial charge in [0.1, 0.15) is 0 Å². The van der Waals surface area contributed by atoms with Crippen molar-refractivity contribution in [3.8, 4) is 0 Å². The normalized spacial score (nSPS) is 12.3. The Morgan fingerprint density at radius 3 is 2.44 bits per heavy atom. The third-order valence-electron chi connectivity index (χ3n) is 3.00. The zero-order chi connectivity index (χ0) is 13.6. The molecular weight excluding hydrogens is 242 g/mol. The molecule has 104 valence electrons. The minimum Gasteiger partial charge on any atom is -0.310 e. The average Bonchev–Trinajstić information content (AvgIpc) is 2.78. The lowest BCUT2D eigenvalue weighted by Crippen LogP contribution is -2.31. The fourth-order valence-electron chi connectivity index (χ4n) is 1.73. The first-order valence-corrected chi connectivity index (χ1v) is 7.73. The molecule has 0 aromatic carbocycles. The maximum Gasteiger partial charge on any atom is 0.0982 e. The summed E-state index contributed by atoms with van der Waals surface area (Å²) in [6.45, 7) is 16.3. The molecule has 1 aromatic heterocycles. The zero-order valence-electron chi connectivity index (χ0n) is 12.4. The van der Waals surface area contributed by atoms with E-state index in [2.05, 4.69) is 55.2 Å². The first-order valence-electron chi connectivity index (χ1n) is 6.85. The number of nitrogens with one attached hydrogen (secondary N) is 1. The zero-order valence-corrected chi connectivity index (χ0v) is 13.2. The van der Waals surface area contributed by atoms with Gasteiger partial charge in [0.05, 0.1) is 10.7 Å². The lowest BCUT2D eigenvalue weighted by atomic mass is 9.98. The number of nitrogens with zero attached hydrogens (tertiary/aromatic N) is 2. The third kappa shape index (κ3) is 5.04. The van der Waals surface area contributed by atoms with E-state index in [-0.39, 0.29) is 5.41 Å². The van der Waals surface area contributed by atoms with E-state index in [1.807, 2.05) is 0 Å². The van der Waals surface area contributed by atoms with Crippen LogP contribution in [0.2, 0.25) is 0 Å². The molecule has 1 rings (SSSR count). The molecule has 0 amide bonds. The van der Waals surface area contributed by atoms with E-state index in [0.29, 0.717) is 0 Å². The van der Waals surface area contributed by atoms with Crippen LogP contribution < -0.4 is 5.32 Å². The van der Waals surface area contributed by atoms with Gasteiger partial charge in [-0.15, -0.1) is 11.3 Å². The monoisotopic (exact) mass is 269 g/mol. The molecule has 0 saturated heterocycles. The van der Waals surface area contributed by atoms with Crippen molar-refractivity contribution < 1.29 is 0 Å². The van der Waals surface area contributed by atoms with Crippen LogP contribution in [-0.2, 0) is 12.0 Å². The number of aromatic nitrogens is 1. The Morgan fingerprint density at radius 1 is 1.28 bits per heavy atom. The van der Waals surface area contributed by atoms with E-state index < -0.39 is 0 Å². The van der Waals surface area contributed by atoms with E-state index in [9.17, 15) is 0 Å². The van der Waals surface area contributed by atoms with Gasteiger partial charge in [0.25, 0.3) is 0 Å². The molecule has 1 heterocycles. The number of likely N-dealkylation sites (N-methyl/N-ethyl adjacent to an activating group) is 1. The minimum atomic E-state index is 0.171. The van der Waals surface area contributed by atoms with E-state index >= 15 is 0 Å². The molecule has 0 aliphatic heterocycles. The molecular formula is C14H27N3S. The molecule has 0 saturated carbocycles. The number of thiazole rings is 1. The highest BCUT2D eigenvalue weighted by Gasteiger charge is 2.17. The fraction of sp³-hybridized carbons (Fsp3) is 0.786. The van der Waals surface area contributed by atoms with Crippen molar-refractivity contribution in [2.75, 3.05) is 26.2 Å². The van der Waals surface area contributed by atoms with Gasteiger partial charge in [-0.25, -0.2) is 4.98 Å². The first kappa shape index (κ1) is 15.6. The first-order chi connectivity index (χ1) is 8.47. The molecule has 4 heteroatoms. The largest absolute Gasteiger partial charge is 0.310 e. The predicted octanol–water partition coefficient (Wildman–Crippen LogP) is 2.87. The lowest BCUT2D eigenvalue weighted by molar-refractivity contribution is 0.302. The molecule has 0 unspecified atom stereocenters. The molecule has 1 aromatic rings. The Labute approximate surface area is 116 Å².